The highest BCUT2D eigenvalue weighted by Gasteiger charge is 2.20. The standard InChI is InChI=1S/C13H18N2O2/c14-10-6-8-11(9-7-10)15-13(16)17-12-4-2-1-3-5-12/h1-5,10-11H,6-9,14H2,(H,15,16). The predicted octanol–water partition coefficient (Wildman–Crippen LogP) is 2.04. The Bertz CT molecular complexity index is 359. The van der Waals surface area contributed by atoms with Crippen molar-refractivity contribution in [2.75, 3.05) is 0 Å². The fourth-order valence-electron chi connectivity index (χ4n) is 2.06. The lowest BCUT2D eigenvalue weighted by molar-refractivity contribution is 0.191. The van der Waals surface area contributed by atoms with Gasteiger partial charge < -0.3 is 15.8 Å². The molecule has 0 saturated heterocycles. The van der Waals surface area contributed by atoms with E-state index in [1.54, 1.807) is 12.1 Å². The van der Waals surface area contributed by atoms with Crippen LogP contribution in [0.2, 0.25) is 0 Å². The minimum absolute atomic E-state index is 0.200. The van der Waals surface area contributed by atoms with Gasteiger partial charge in [-0.1, -0.05) is 18.2 Å². The van der Waals surface area contributed by atoms with Gasteiger partial charge in [0.2, 0.25) is 0 Å². The molecule has 92 valence electrons. The van der Waals surface area contributed by atoms with Crippen LogP contribution >= 0.6 is 0 Å². The largest absolute Gasteiger partial charge is 0.412 e. The molecule has 1 aromatic rings. The van der Waals surface area contributed by atoms with Gasteiger partial charge in [0.15, 0.2) is 0 Å². The minimum Gasteiger partial charge on any atom is -0.410 e. The first kappa shape index (κ1) is 11.9. The Morgan fingerprint density at radius 3 is 2.47 bits per heavy atom. The van der Waals surface area contributed by atoms with Gasteiger partial charge in [-0.15, -0.1) is 0 Å². The molecule has 17 heavy (non-hydrogen) atoms. The molecular weight excluding hydrogens is 216 g/mol. The Morgan fingerprint density at radius 2 is 1.82 bits per heavy atom. The fourth-order valence-corrected chi connectivity index (χ4v) is 2.06. The third-order valence-electron chi connectivity index (χ3n) is 3.05. The van der Waals surface area contributed by atoms with Crippen LogP contribution in [0, 0.1) is 0 Å². The molecule has 0 bridgehead atoms. The van der Waals surface area contributed by atoms with Crippen molar-refractivity contribution in [2.24, 2.45) is 5.73 Å². The van der Waals surface area contributed by atoms with E-state index in [0.717, 1.165) is 25.7 Å². The van der Waals surface area contributed by atoms with Crippen molar-refractivity contribution >= 4 is 6.09 Å². The summed E-state index contributed by atoms with van der Waals surface area (Å²) in [7, 11) is 0. The Morgan fingerprint density at radius 1 is 1.18 bits per heavy atom. The molecule has 0 radical (unpaired) electrons. The highest BCUT2D eigenvalue weighted by atomic mass is 16.6. The average Bonchev–Trinajstić information content (AvgIpc) is 2.33. The number of carbonyl (C=O) groups excluding carboxylic acids is 1. The van der Waals surface area contributed by atoms with Gasteiger partial charge >= 0.3 is 6.09 Å². The summed E-state index contributed by atoms with van der Waals surface area (Å²) in [5.41, 5.74) is 5.81. The zero-order valence-electron chi connectivity index (χ0n) is 9.76. The maximum absolute atomic E-state index is 11.6. The zero-order chi connectivity index (χ0) is 12.1. The Balaban J connectivity index is 1.78. The zero-order valence-corrected chi connectivity index (χ0v) is 9.76. The maximum atomic E-state index is 11.6. The monoisotopic (exact) mass is 234 g/mol. The van der Waals surface area contributed by atoms with Crippen LogP contribution in [0.3, 0.4) is 0 Å². The maximum Gasteiger partial charge on any atom is 0.412 e. The van der Waals surface area contributed by atoms with Crippen molar-refractivity contribution in [2.45, 2.75) is 37.8 Å². The van der Waals surface area contributed by atoms with Gasteiger partial charge in [0.1, 0.15) is 5.75 Å². The van der Waals surface area contributed by atoms with Gasteiger partial charge in [0.05, 0.1) is 0 Å². The molecule has 0 atom stereocenters. The molecule has 0 unspecified atom stereocenters. The lowest BCUT2D eigenvalue weighted by atomic mass is 9.92. The van der Waals surface area contributed by atoms with Gasteiger partial charge in [0, 0.05) is 12.1 Å². The summed E-state index contributed by atoms with van der Waals surface area (Å²) in [6.45, 7) is 0. The molecule has 0 aromatic heterocycles. The number of rotatable bonds is 2. The van der Waals surface area contributed by atoms with Crippen molar-refractivity contribution in [1.82, 2.24) is 5.32 Å². The molecule has 1 aromatic carbocycles. The van der Waals surface area contributed by atoms with Gasteiger partial charge in [-0.05, 0) is 37.8 Å². The van der Waals surface area contributed by atoms with Gasteiger partial charge in [-0.2, -0.15) is 0 Å². The number of benzene rings is 1. The summed E-state index contributed by atoms with van der Waals surface area (Å²) in [5, 5.41) is 2.87. The van der Waals surface area contributed by atoms with Crippen molar-refractivity contribution in [1.29, 1.82) is 0 Å². The Kier molecular flexibility index (Phi) is 3.98. The molecule has 2 rings (SSSR count). The Hall–Kier alpha value is -1.55. The average molecular weight is 234 g/mol. The molecule has 3 N–H and O–H groups in total. The molecule has 1 fully saturated rings. The number of hydrogen-bond acceptors (Lipinski definition) is 3. The number of nitrogens with one attached hydrogen (secondary N) is 1. The van der Waals surface area contributed by atoms with E-state index in [9.17, 15) is 4.79 Å². The van der Waals surface area contributed by atoms with E-state index in [1.165, 1.54) is 0 Å². The van der Waals surface area contributed by atoms with E-state index in [1.807, 2.05) is 18.2 Å². The highest BCUT2D eigenvalue weighted by Crippen LogP contribution is 2.17. The second-order valence-electron chi connectivity index (χ2n) is 4.46. The van der Waals surface area contributed by atoms with Crippen LogP contribution in [0.1, 0.15) is 25.7 Å². The highest BCUT2D eigenvalue weighted by molar-refractivity contribution is 5.70. The van der Waals surface area contributed by atoms with E-state index < -0.39 is 0 Å². The summed E-state index contributed by atoms with van der Waals surface area (Å²) in [4.78, 5) is 11.6. The first-order chi connectivity index (χ1) is 8.24. The molecular formula is C13H18N2O2. The number of amides is 1. The fraction of sp³-hybridized carbons (Fsp3) is 0.462. The molecule has 4 nitrogen and oxygen atoms in total. The van der Waals surface area contributed by atoms with Crippen molar-refractivity contribution in [3.63, 3.8) is 0 Å². The van der Waals surface area contributed by atoms with Crippen LogP contribution in [-0.4, -0.2) is 18.2 Å². The third-order valence-corrected chi connectivity index (χ3v) is 3.05. The Labute approximate surface area is 101 Å². The molecule has 0 aliphatic heterocycles. The lowest BCUT2D eigenvalue weighted by Gasteiger charge is -2.26. The van der Waals surface area contributed by atoms with Gasteiger partial charge in [0.25, 0.3) is 0 Å². The number of para-hydroxylation sites is 1. The second kappa shape index (κ2) is 5.68. The third kappa shape index (κ3) is 3.75. The topological polar surface area (TPSA) is 64.3 Å². The number of nitrogens with two attached hydrogens (primary N) is 1. The molecule has 1 saturated carbocycles. The molecule has 1 amide bonds. The summed E-state index contributed by atoms with van der Waals surface area (Å²) in [5.74, 6) is 0.567. The second-order valence-corrected chi connectivity index (χ2v) is 4.46. The summed E-state index contributed by atoms with van der Waals surface area (Å²) < 4.78 is 5.16. The summed E-state index contributed by atoms with van der Waals surface area (Å²) in [6, 6.07) is 9.56. The summed E-state index contributed by atoms with van der Waals surface area (Å²) >= 11 is 0. The molecule has 0 heterocycles. The van der Waals surface area contributed by atoms with Crippen molar-refractivity contribution < 1.29 is 9.53 Å². The van der Waals surface area contributed by atoms with Crippen LogP contribution in [0.5, 0.6) is 5.75 Å². The van der Waals surface area contributed by atoms with E-state index in [0.29, 0.717) is 5.75 Å². The molecule has 4 heteroatoms. The van der Waals surface area contributed by atoms with E-state index in [2.05, 4.69) is 5.32 Å². The number of carbonyl (C=O) groups is 1. The van der Waals surface area contributed by atoms with Gasteiger partial charge in [-0.25, -0.2) is 4.79 Å². The molecule has 0 spiro atoms. The first-order valence-corrected chi connectivity index (χ1v) is 6.03. The van der Waals surface area contributed by atoms with Crippen LogP contribution < -0.4 is 15.8 Å². The number of hydrogen-bond donors (Lipinski definition) is 2. The van der Waals surface area contributed by atoms with Gasteiger partial charge in [-0.3, -0.25) is 0 Å². The quantitative estimate of drug-likeness (QED) is 0.823. The van der Waals surface area contributed by atoms with E-state index in [-0.39, 0.29) is 18.2 Å². The van der Waals surface area contributed by atoms with Crippen LogP contribution in [0.4, 0.5) is 4.79 Å². The summed E-state index contributed by atoms with van der Waals surface area (Å²) in [6.07, 6.45) is 3.43. The SMILES string of the molecule is NC1CCC(NC(=O)Oc2ccccc2)CC1. The smallest absolute Gasteiger partial charge is 0.410 e. The first-order valence-electron chi connectivity index (χ1n) is 6.03. The van der Waals surface area contributed by atoms with Crippen LogP contribution in [-0.2, 0) is 0 Å². The van der Waals surface area contributed by atoms with E-state index >= 15 is 0 Å². The van der Waals surface area contributed by atoms with E-state index in [4.69, 9.17) is 10.5 Å². The molecule has 1 aliphatic carbocycles. The lowest BCUT2D eigenvalue weighted by Crippen LogP contribution is -2.41. The number of ether oxygens (including phenoxy) is 1. The minimum atomic E-state index is -0.378. The van der Waals surface area contributed by atoms with Crippen LogP contribution in [0.15, 0.2) is 30.3 Å². The molecule has 1 aliphatic rings. The normalized spacial score (nSPS) is 24.1. The van der Waals surface area contributed by atoms with Crippen LogP contribution in [0.25, 0.3) is 0 Å². The van der Waals surface area contributed by atoms with Crippen molar-refractivity contribution in [3.05, 3.63) is 30.3 Å². The predicted molar refractivity (Wildman–Crippen MR) is 65.8 cm³/mol. The van der Waals surface area contributed by atoms with Crippen molar-refractivity contribution in [3.8, 4) is 5.75 Å².